The van der Waals surface area contributed by atoms with Crippen LogP contribution in [-0.4, -0.2) is 21.1 Å². The first-order chi connectivity index (χ1) is 18.3. The molecular weight excluding hydrogens is 504 g/mol. The summed E-state index contributed by atoms with van der Waals surface area (Å²) in [6, 6.07) is 21.5. The molecule has 1 aliphatic heterocycles. The van der Waals surface area contributed by atoms with Crippen LogP contribution in [0, 0.1) is 6.92 Å². The lowest BCUT2D eigenvalue weighted by Gasteiger charge is -2.17. The van der Waals surface area contributed by atoms with Crippen molar-refractivity contribution in [2.24, 2.45) is 0 Å². The predicted molar refractivity (Wildman–Crippen MR) is 141 cm³/mol. The predicted octanol–water partition coefficient (Wildman–Crippen LogP) is 5.13. The van der Waals surface area contributed by atoms with Crippen molar-refractivity contribution in [1.29, 1.82) is 0 Å². The zero-order chi connectivity index (χ0) is 26.3. The number of furan rings is 1. The molecule has 0 atom stereocenters. The van der Waals surface area contributed by atoms with Gasteiger partial charge in [-0.15, -0.1) is 0 Å². The maximum Gasteiger partial charge on any atom is 0.240 e. The molecule has 8 nitrogen and oxygen atoms in total. The second-order valence-corrected chi connectivity index (χ2v) is 11.3. The lowest BCUT2D eigenvalue weighted by molar-refractivity contribution is -0.118. The Morgan fingerprint density at radius 1 is 0.947 bits per heavy atom. The quantitative estimate of drug-likeness (QED) is 0.327. The van der Waals surface area contributed by atoms with Gasteiger partial charge < -0.3 is 19.2 Å². The van der Waals surface area contributed by atoms with Gasteiger partial charge >= 0.3 is 0 Å². The van der Waals surface area contributed by atoms with E-state index in [0.717, 1.165) is 35.1 Å². The Morgan fingerprint density at radius 2 is 1.74 bits per heavy atom. The molecule has 4 aromatic rings. The zero-order valence-corrected chi connectivity index (χ0v) is 21.5. The van der Waals surface area contributed by atoms with Gasteiger partial charge in [0.05, 0.1) is 23.1 Å². The minimum absolute atomic E-state index is 0.0600. The third-order valence-corrected chi connectivity index (χ3v) is 8.51. The van der Waals surface area contributed by atoms with Crippen LogP contribution in [0.25, 0.3) is 11.1 Å². The van der Waals surface area contributed by atoms with E-state index in [2.05, 4.69) is 10.0 Å². The number of hydrogen-bond acceptors (Lipinski definition) is 6. The Morgan fingerprint density at radius 3 is 2.47 bits per heavy atom. The molecule has 6 rings (SSSR count). The Labute approximate surface area is 220 Å². The van der Waals surface area contributed by atoms with Crippen molar-refractivity contribution >= 4 is 21.6 Å². The molecule has 2 heterocycles. The third kappa shape index (κ3) is 4.55. The largest absolute Gasteiger partial charge is 0.468 e. The summed E-state index contributed by atoms with van der Waals surface area (Å²) in [6.07, 6.45) is 3.03. The first kappa shape index (κ1) is 24.3. The molecule has 1 aromatic heterocycles. The van der Waals surface area contributed by atoms with Gasteiger partial charge in [-0.1, -0.05) is 24.3 Å². The molecule has 2 N–H and O–H groups in total. The van der Waals surface area contributed by atoms with Crippen molar-refractivity contribution in [2.45, 2.75) is 36.6 Å². The van der Waals surface area contributed by atoms with Crippen molar-refractivity contribution < 1.29 is 27.1 Å². The van der Waals surface area contributed by atoms with Crippen LogP contribution in [-0.2, 0) is 26.8 Å². The number of aryl methyl sites for hydroxylation is 1. The Bertz CT molecular complexity index is 1610. The Hall–Kier alpha value is -4.08. The van der Waals surface area contributed by atoms with Gasteiger partial charge in [0.15, 0.2) is 11.5 Å². The highest BCUT2D eigenvalue weighted by molar-refractivity contribution is 7.89. The molecule has 0 saturated heterocycles. The molecular formula is C29H26N2O6S. The van der Waals surface area contributed by atoms with E-state index in [1.54, 1.807) is 36.4 Å². The molecule has 1 fully saturated rings. The number of sulfonamides is 1. The van der Waals surface area contributed by atoms with E-state index in [-0.39, 0.29) is 24.1 Å². The summed E-state index contributed by atoms with van der Waals surface area (Å²) in [4.78, 5) is 13.5. The fraction of sp³-hybridized carbons (Fsp3) is 0.207. The van der Waals surface area contributed by atoms with E-state index in [9.17, 15) is 13.2 Å². The highest BCUT2D eigenvalue weighted by Gasteiger charge is 2.51. The third-order valence-electron chi connectivity index (χ3n) is 7.10. The van der Waals surface area contributed by atoms with E-state index in [4.69, 9.17) is 13.9 Å². The van der Waals surface area contributed by atoms with E-state index in [1.807, 2.05) is 43.3 Å². The normalized spacial score (nSPS) is 15.3. The summed E-state index contributed by atoms with van der Waals surface area (Å²) in [5, 5.41) is 3.09. The molecule has 1 saturated carbocycles. The first-order valence-corrected chi connectivity index (χ1v) is 13.8. The van der Waals surface area contributed by atoms with Crippen molar-refractivity contribution in [3.8, 4) is 22.6 Å². The van der Waals surface area contributed by atoms with Gasteiger partial charge in [-0.2, -0.15) is 0 Å². The Balaban J connectivity index is 1.19. The topological polar surface area (TPSA) is 107 Å². The number of hydrogen-bond donors (Lipinski definition) is 2. The number of rotatable bonds is 8. The molecule has 0 bridgehead atoms. The molecule has 38 heavy (non-hydrogen) atoms. The smallest absolute Gasteiger partial charge is 0.240 e. The molecule has 0 spiro atoms. The summed E-state index contributed by atoms with van der Waals surface area (Å²) in [5.74, 6) is 1.84. The maximum absolute atomic E-state index is 13.4. The summed E-state index contributed by atoms with van der Waals surface area (Å²) in [6.45, 7) is 2.25. The highest BCUT2D eigenvalue weighted by Crippen LogP contribution is 2.51. The molecule has 3 aromatic carbocycles. The number of fused-ring (bicyclic) bond motifs is 1. The van der Waals surface area contributed by atoms with E-state index in [1.165, 1.54) is 6.26 Å². The minimum Gasteiger partial charge on any atom is -0.468 e. The van der Waals surface area contributed by atoms with Crippen molar-refractivity contribution in [1.82, 2.24) is 4.72 Å². The summed E-state index contributed by atoms with van der Waals surface area (Å²) < 4.78 is 44.0. The van der Waals surface area contributed by atoms with Gasteiger partial charge in [-0.25, -0.2) is 13.1 Å². The molecule has 1 amide bonds. The number of carbonyl (C=O) groups is 1. The van der Waals surface area contributed by atoms with Gasteiger partial charge in [-0.05, 0) is 90.6 Å². The van der Waals surface area contributed by atoms with Crippen LogP contribution in [0.15, 0.2) is 88.4 Å². The Kier molecular flexibility index (Phi) is 5.97. The summed E-state index contributed by atoms with van der Waals surface area (Å²) in [5.41, 5.74) is 3.78. The second kappa shape index (κ2) is 9.34. The number of benzene rings is 3. The van der Waals surface area contributed by atoms with Crippen LogP contribution in [0.3, 0.4) is 0 Å². The molecule has 0 unspecified atom stereocenters. The van der Waals surface area contributed by atoms with Gasteiger partial charge in [0, 0.05) is 5.69 Å². The average molecular weight is 531 g/mol. The van der Waals surface area contributed by atoms with Gasteiger partial charge in [0.25, 0.3) is 0 Å². The highest BCUT2D eigenvalue weighted by atomic mass is 32.2. The van der Waals surface area contributed by atoms with Crippen molar-refractivity contribution in [3.05, 3.63) is 95.9 Å². The van der Waals surface area contributed by atoms with E-state index < -0.39 is 15.4 Å². The number of anilines is 1. The summed E-state index contributed by atoms with van der Waals surface area (Å²) in [7, 11) is -3.69. The van der Waals surface area contributed by atoms with Crippen molar-refractivity contribution in [3.63, 3.8) is 0 Å². The van der Waals surface area contributed by atoms with Crippen molar-refractivity contribution in [2.75, 3.05) is 12.1 Å². The average Bonchev–Trinajstić information content (AvgIpc) is 3.32. The minimum atomic E-state index is -3.69. The fourth-order valence-corrected chi connectivity index (χ4v) is 5.70. The van der Waals surface area contributed by atoms with Gasteiger partial charge in [-0.3, -0.25) is 4.79 Å². The molecule has 194 valence electrons. The fourth-order valence-electron chi connectivity index (χ4n) is 4.70. The van der Waals surface area contributed by atoms with Crippen LogP contribution in [0.1, 0.15) is 29.7 Å². The van der Waals surface area contributed by atoms with E-state index in [0.29, 0.717) is 22.9 Å². The SMILES string of the molecule is Cc1ccc(NC(=O)C2(c3ccc4c(c3)OCO4)CC2)cc1-c1ccc(S(=O)(=O)NCc2ccco2)cc1. The number of amides is 1. The standard InChI is InChI=1S/C29H26N2O6S/c1-19-4-8-22(31-28(32)29(12-13-29)21-7-11-26-27(15-21)37-18-36-26)16-25(19)20-5-9-24(10-6-20)38(33,34)30-17-23-3-2-14-35-23/h2-11,14-16,30H,12-13,17-18H2,1H3,(H,31,32). The van der Waals surface area contributed by atoms with Crippen LogP contribution >= 0.6 is 0 Å². The molecule has 0 radical (unpaired) electrons. The molecule has 1 aliphatic carbocycles. The van der Waals surface area contributed by atoms with Gasteiger partial charge in [0.1, 0.15) is 5.76 Å². The lowest BCUT2D eigenvalue weighted by atomic mass is 9.94. The molecule has 2 aliphatic rings. The first-order valence-electron chi connectivity index (χ1n) is 12.3. The van der Waals surface area contributed by atoms with E-state index >= 15 is 0 Å². The van der Waals surface area contributed by atoms with Crippen LogP contribution in [0.4, 0.5) is 5.69 Å². The summed E-state index contributed by atoms with van der Waals surface area (Å²) >= 11 is 0. The zero-order valence-electron chi connectivity index (χ0n) is 20.7. The number of ether oxygens (including phenoxy) is 2. The lowest BCUT2D eigenvalue weighted by Crippen LogP contribution is -2.27. The molecule has 9 heteroatoms. The van der Waals surface area contributed by atoms with Crippen LogP contribution in [0.2, 0.25) is 0 Å². The monoisotopic (exact) mass is 530 g/mol. The maximum atomic E-state index is 13.4. The second-order valence-electron chi connectivity index (χ2n) is 9.56. The van der Waals surface area contributed by atoms with Crippen LogP contribution in [0.5, 0.6) is 11.5 Å². The van der Waals surface area contributed by atoms with Crippen LogP contribution < -0.4 is 19.5 Å². The number of nitrogens with one attached hydrogen (secondary N) is 2. The van der Waals surface area contributed by atoms with Gasteiger partial charge in [0.2, 0.25) is 22.7 Å². The number of carbonyl (C=O) groups excluding carboxylic acids is 1.